The summed E-state index contributed by atoms with van der Waals surface area (Å²) in [5, 5.41) is 3.93. The Morgan fingerprint density at radius 3 is 2.23 bits per heavy atom. The second kappa shape index (κ2) is 7.79. The van der Waals surface area contributed by atoms with E-state index in [0.29, 0.717) is 11.6 Å². The van der Waals surface area contributed by atoms with Gasteiger partial charge in [0, 0.05) is 29.6 Å². The minimum Gasteiger partial charge on any atom is -0.351 e. The highest BCUT2D eigenvalue weighted by Crippen LogP contribution is 2.55. The van der Waals surface area contributed by atoms with E-state index < -0.39 is 10.0 Å². The number of piperidine rings is 1. The maximum absolute atomic E-state index is 13.3. The van der Waals surface area contributed by atoms with Crippen molar-refractivity contribution < 1.29 is 13.2 Å². The van der Waals surface area contributed by atoms with Gasteiger partial charge in [-0.05, 0) is 93.4 Å². The lowest BCUT2D eigenvalue weighted by Gasteiger charge is -2.57. The van der Waals surface area contributed by atoms with Gasteiger partial charge >= 0.3 is 0 Å². The molecule has 5 fully saturated rings. The zero-order valence-electron chi connectivity index (χ0n) is 17.4. The summed E-state index contributed by atoms with van der Waals surface area (Å²) in [4.78, 5) is 13.3. The molecule has 0 radical (unpaired) electrons. The van der Waals surface area contributed by atoms with Gasteiger partial charge in [0.2, 0.25) is 15.9 Å². The molecule has 7 heteroatoms. The van der Waals surface area contributed by atoms with Crippen molar-refractivity contribution in [3.8, 4) is 0 Å². The van der Waals surface area contributed by atoms with Crippen LogP contribution < -0.4 is 5.32 Å². The first kappa shape index (κ1) is 20.8. The van der Waals surface area contributed by atoms with Crippen LogP contribution in [0.3, 0.4) is 0 Å². The molecule has 6 rings (SSSR count). The van der Waals surface area contributed by atoms with Gasteiger partial charge in [-0.2, -0.15) is 4.31 Å². The largest absolute Gasteiger partial charge is 0.351 e. The quantitative estimate of drug-likeness (QED) is 0.724. The van der Waals surface area contributed by atoms with Gasteiger partial charge in [-0.1, -0.05) is 18.0 Å². The van der Waals surface area contributed by atoms with E-state index in [0.717, 1.165) is 56.3 Å². The van der Waals surface area contributed by atoms with E-state index >= 15 is 0 Å². The average molecular weight is 451 g/mol. The van der Waals surface area contributed by atoms with Crippen molar-refractivity contribution in [3.63, 3.8) is 0 Å². The Hall–Kier alpha value is -1.11. The smallest absolute Gasteiger partial charge is 0.243 e. The van der Waals surface area contributed by atoms with E-state index in [1.165, 1.54) is 19.3 Å². The van der Waals surface area contributed by atoms with E-state index in [9.17, 15) is 13.2 Å². The predicted molar refractivity (Wildman–Crippen MR) is 117 cm³/mol. The molecule has 164 valence electrons. The van der Waals surface area contributed by atoms with Crippen molar-refractivity contribution in [2.24, 2.45) is 17.8 Å². The Bertz CT molecular complexity index is 880. The lowest BCUT2D eigenvalue weighted by atomic mass is 9.53. The van der Waals surface area contributed by atoms with Crippen molar-refractivity contribution >= 4 is 27.5 Å². The van der Waals surface area contributed by atoms with Crippen molar-refractivity contribution in [1.82, 2.24) is 9.62 Å². The molecule has 5 aliphatic rings. The molecule has 1 heterocycles. The van der Waals surface area contributed by atoms with Gasteiger partial charge in [-0.25, -0.2) is 8.42 Å². The first-order valence-electron chi connectivity index (χ1n) is 11.4. The second-order valence-corrected chi connectivity index (χ2v) is 12.5. The average Bonchev–Trinajstić information content (AvgIpc) is 2.67. The minimum atomic E-state index is -3.63. The molecular formula is C23H31ClN2O3S. The van der Waals surface area contributed by atoms with Crippen molar-refractivity contribution in [2.75, 3.05) is 6.54 Å². The summed E-state index contributed by atoms with van der Waals surface area (Å²) in [6.07, 6.45) is 10.1. The highest BCUT2D eigenvalue weighted by Gasteiger charge is 2.51. The number of halogens is 1. The number of carbonyl (C=O) groups is 1. The van der Waals surface area contributed by atoms with Crippen LogP contribution in [-0.4, -0.2) is 36.8 Å². The molecular weight excluding hydrogens is 420 g/mol. The number of hydrogen-bond donors (Lipinski definition) is 1. The molecule has 1 aromatic rings. The molecule has 1 aliphatic heterocycles. The van der Waals surface area contributed by atoms with Gasteiger partial charge < -0.3 is 5.32 Å². The molecule has 4 aliphatic carbocycles. The van der Waals surface area contributed by atoms with E-state index in [1.807, 2.05) is 0 Å². The molecule has 4 saturated carbocycles. The summed E-state index contributed by atoms with van der Waals surface area (Å²) in [6.45, 7) is 0.472. The Balaban J connectivity index is 1.29. The number of hydrogen-bond acceptors (Lipinski definition) is 3. The summed E-state index contributed by atoms with van der Waals surface area (Å²) >= 11 is 5.93. The number of rotatable bonds is 5. The van der Waals surface area contributed by atoms with E-state index in [-0.39, 0.29) is 28.8 Å². The maximum Gasteiger partial charge on any atom is 0.243 e. The van der Waals surface area contributed by atoms with Crippen molar-refractivity contribution in [3.05, 3.63) is 29.3 Å². The van der Waals surface area contributed by atoms with Gasteiger partial charge in [-0.15, -0.1) is 0 Å². The fraction of sp³-hybridized carbons (Fsp3) is 0.696. The van der Waals surface area contributed by atoms with E-state index in [2.05, 4.69) is 5.32 Å². The van der Waals surface area contributed by atoms with Crippen LogP contribution in [-0.2, 0) is 14.8 Å². The van der Waals surface area contributed by atoms with Crippen molar-refractivity contribution in [1.29, 1.82) is 0 Å². The van der Waals surface area contributed by atoms with Crippen LogP contribution in [0.5, 0.6) is 0 Å². The molecule has 0 aromatic heterocycles. The first-order valence-corrected chi connectivity index (χ1v) is 13.2. The fourth-order valence-corrected chi connectivity index (χ4v) is 8.88. The molecule has 0 spiro atoms. The fourth-order valence-electron chi connectivity index (χ4n) is 7.06. The summed E-state index contributed by atoms with van der Waals surface area (Å²) in [5.74, 6) is 2.34. The summed E-state index contributed by atoms with van der Waals surface area (Å²) in [5.41, 5.74) is -0.0274. The lowest BCUT2D eigenvalue weighted by Crippen LogP contribution is -2.60. The monoisotopic (exact) mass is 450 g/mol. The number of sulfonamides is 1. The second-order valence-electron chi connectivity index (χ2n) is 10.2. The minimum absolute atomic E-state index is 0.0274. The van der Waals surface area contributed by atoms with Crippen LogP contribution in [0.4, 0.5) is 0 Å². The van der Waals surface area contributed by atoms with Crippen LogP contribution >= 0.6 is 11.6 Å². The van der Waals surface area contributed by atoms with Crippen LogP contribution in [0.25, 0.3) is 0 Å². The molecule has 5 nitrogen and oxygen atoms in total. The first-order chi connectivity index (χ1) is 14.3. The number of nitrogens with zero attached hydrogens (tertiary/aromatic N) is 1. The molecule has 1 amide bonds. The molecule has 1 aromatic carbocycles. The van der Waals surface area contributed by atoms with Gasteiger partial charge in [0.1, 0.15) is 0 Å². The zero-order valence-corrected chi connectivity index (χ0v) is 18.9. The maximum atomic E-state index is 13.3. The van der Waals surface area contributed by atoms with Gasteiger partial charge in [-0.3, -0.25) is 4.79 Å². The Morgan fingerprint density at radius 2 is 1.63 bits per heavy atom. The normalized spacial score (nSPS) is 36.0. The SMILES string of the molecule is O=C(CC1CCCCN1S(=O)(=O)c1ccc(Cl)cc1)NC12CC3CC(CC(C3)C1)C2. The Kier molecular flexibility index (Phi) is 5.39. The molecule has 1 N–H and O–H groups in total. The van der Waals surface area contributed by atoms with Gasteiger partial charge in [0.25, 0.3) is 0 Å². The highest BCUT2D eigenvalue weighted by molar-refractivity contribution is 7.89. The molecule has 30 heavy (non-hydrogen) atoms. The van der Waals surface area contributed by atoms with Crippen molar-refractivity contribution in [2.45, 2.75) is 80.7 Å². The van der Waals surface area contributed by atoms with E-state index in [4.69, 9.17) is 11.6 Å². The summed E-state index contributed by atoms with van der Waals surface area (Å²) in [6, 6.07) is 6.05. The summed E-state index contributed by atoms with van der Waals surface area (Å²) < 4.78 is 28.1. The third-order valence-corrected chi connectivity index (χ3v) is 10.1. The number of benzene rings is 1. The van der Waals surface area contributed by atoms with Crippen LogP contribution in [0.1, 0.15) is 64.2 Å². The number of nitrogens with one attached hydrogen (secondary N) is 1. The van der Waals surface area contributed by atoms with Gasteiger partial charge in [0.05, 0.1) is 4.90 Å². The third kappa shape index (κ3) is 3.91. The molecule has 1 atom stereocenters. The zero-order chi connectivity index (χ0) is 20.9. The van der Waals surface area contributed by atoms with Crippen LogP contribution in [0.2, 0.25) is 5.02 Å². The third-order valence-electron chi connectivity index (χ3n) is 7.86. The summed E-state index contributed by atoms with van der Waals surface area (Å²) in [7, 11) is -3.63. The Morgan fingerprint density at radius 1 is 1.03 bits per heavy atom. The lowest BCUT2D eigenvalue weighted by molar-refractivity contribution is -0.127. The standard InChI is InChI=1S/C23H31ClN2O3S/c24-19-4-6-21(7-5-19)30(28,29)26-8-2-1-3-20(26)12-22(27)25-23-13-16-9-17(14-23)11-18(10-16)15-23/h4-7,16-18,20H,1-3,8-15H2,(H,25,27). The van der Waals surface area contributed by atoms with Crippen LogP contribution in [0.15, 0.2) is 29.2 Å². The van der Waals surface area contributed by atoms with E-state index in [1.54, 1.807) is 28.6 Å². The number of carbonyl (C=O) groups excluding carboxylic acids is 1. The molecule has 1 saturated heterocycles. The Labute approximate surface area is 184 Å². The van der Waals surface area contributed by atoms with Crippen LogP contribution in [0, 0.1) is 17.8 Å². The molecule has 4 bridgehead atoms. The van der Waals surface area contributed by atoms with Gasteiger partial charge in [0.15, 0.2) is 0 Å². The highest BCUT2D eigenvalue weighted by atomic mass is 35.5. The molecule has 1 unspecified atom stereocenters. The topological polar surface area (TPSA) is 66.5 Å². The predicted octanol–water partition coefficient (Wildman–Crippen LogP) is 4.36. The number of amides is 1.